The quantitative estimate of drug-likeness (QED) is 0.757. The topological polar surface area (TPSA) is 73.2 Å². The Morgan fingerprint density at radius 2 is 1.81 bits per heavy atom. The Balaban J connectivity index is 1.70. The van der Waals surface area contributed by atoms with Crippen molar-refractivity contribution in [3.05, 3.63) is 29.8 Å². The van der Waals surface area contributed by atoms with E-state index in [9.17, 15) is 4.79 Å². The van der Waals surface area contributed by atoms with Gasteiger partial charge in [-0.2, -0.15) is 0 Å². The molecule has 0 saturated carbocycles. The average molecular weight is 294 g/mol. The number of benzene rings is 1. The van der Waals surface area contributed by atoms with E-state index in [0.717, 1.165) is 39.3 Å². The molecule has 0 aliphatic carbocycles. The first-order chi connectivity index (χ1) is 10.2. The molecule has 1 saturated heterocycles. The van der Waals surface area contributed by atoms with Crippen molar-refractivity contribution in [1.82, 2.24) is 9.80 Å². The minimum atomic E-state index is -0.944. The van der Waals surface area contributed by atoms with Crippen molar-refractivity contribution in [2.24, 2.45) is 0 Å². The van der Waals surface area contributed by atoms with Crippen molar-refractivity contribution >= 4 is 5.97 Å². The van der Waals surface area contributed by atoms with Gasteiger partial charge in [-0.15, -0.1) is 0 Å². The number of rotatable bonds is 7. The van der Waals surface area contributed by atoms with Crippen LogP contribution in [0.25, 0.3) is 0 Å². The minimum Gasteiger partial charge on any atom is -0.492 e. The highest BCUT2D eigenvalue weighted by Crippen LogP contribution is 2.13. The SMILES string of the molecule is O=C(O)c1cccc(OCCN2CCN(CCO)CC2)c1. The van der Waals surface area contributed by atoms with Crippen molar-refractivity contribution < 1.29 is 19.7 Å². The number of aromatic carboxylic acids is 1. The van der Waals surface area contributed by atoms with Gasteiger partial charge in [-0.05, 0) is 18.2 Å². The van der Waals surface area contributed by atoms with Gasteiger partial charge in [0.15, 0.2) is 0 Å². The smallest absolute Gasteiger partial charge is 0.335 e. The standard InChI is InChI=1S/C15H22N2O4/c18-10-8-16-4-6-17(7-5-16)9-11-21-14-3-1-2-13(12-14)15(19)20/h1-3,12,18H,4-11H2,(H,19,20). The molecule has 0 aromatic heterocycles. The lowest BCUT2D eigenvalue weighted by atomic mass is 10.2. The van der Waals surface area contributed by atoms with Crippen LogP contribution in [-0.4, -0.2) is 78.5 Å². The third-order valence-electron chi connectivity index (χ3n) is 3.64. The molecule has 0 unspecified atom stereocenters. The summed E-state index contributed by atoms with van der Waals surface area (Å²) in [4.78, 5) is 15.4. The Labute approximate surface area is 124 Å². The summed E-state index contributed by atoms with van der Waals surface area (Å²) < 4.78 is 5.62. The summed E-state index contributed by atoms with van der Waals surface area (Å²) in [6, 6.07) is 6.55. The highest BCUT2D eigenvalue weighted by Gasteiger charge is 2.15. The maximum atomic E-state index is 10.9. The van der Waals surface area contributed by atoms with E-state index in [0.29, 0.717) is 12.4 Å². The number of carbonyl (C=O) groups is 1. The highest BCUT2D eigenvalue weighted by molar-refractivity contribution is 5.87. The first-order valence-corrected chi connectivity index (χ1v) is 7.21. The van der Waals surface area contributed by atoms with Gasteiger partial charge in [-0.25, -0.2) is 4.79 Å². The average Bonchev–Trinajstić information content (AvgIpc) is 2.50. The van der Waals surface area contributed by atoms with E-state index in [1.54, 1.807) is 24.3 Å². The third-order valence-corrected chi connectivity index (χ3v) is 3.64. The number of aliphatic hydroxyl groups is 1. The highest BCUT2D eigenvalue weighted by atomic mass is 16.5. The summed E-state index contributed by atoms with van der Waals surface area (Å²) in [5, 5.41) is 17.8. The van der Waals surface area contributed by atoms with Crippen molar-refractivity contribution in [1.29, 1.82) is 0 Å². The van der Waals surface area contributed by atoms with Gasteiger partial charge in [-0.1, -0.05) is 6.07 Å². The molecule has 0 radical (unpaired) electrons. The van der Waals surface area contributed by atoms with E-state index in [4.69, 9.17) is 14.9 Å². The number of hydrogen-bond acceptors (Lipinski definition) is 5. The molecular formula is C15H22N2O4. The van der Waals surface area contributed by atoms with E-state index in [-0.39, 0.29) is 12.2 Å². The fourth-order valence-electron chi connectivity index (χ4n) is 2.39. The summed E-state index contributed by atoms with van der Waals surface area (Å²) in [6.45, 7) is 6.20. The zero-order valence-electron chi connectivity index (χ0n) is 12.1. The molecule has 6 heteroatoms. The van der Waals surface area contributed by atoms with E-state index >= 15 is 0 Å². The lowest BCUT2D eigenvalue weighted by molar-refractivity contribution is 0.0696. The summed E-state index contributed by atoms with van der Waals surface area (Å²) in [7, 11) is 0. The van der Waals surface area contributed by atoms with Gasteiger partial charge in [0.2, 0.25) is 0 Å². The van der Waals surface area contributed by atoms with Crippen LogP contribution in [0.5, 0.6) is 5.75 Å². The van der Waals surface area contributed by atoms with Crippen LogP contribution in [0.2, 0.25) is 0 Å². The van der Waals surface area contributed by atoms with Gasteiger partial charge in [0, 0.05) is 39.3 Å². The molecule has 21 heavy (non-hydrogen) atoms. The Morgan fingerprint density at radius 3 is 2.43 bits per heavy atom. The Kier molecular flexibility index (Phi) is 5.98. The van der Waals surface area contributed by atoms with Gasteiger partial charge in [0.05, 0.1) is 12.2 Å². The second kappa shape index (κ2) is 7.97. The first kappa shape index (κ1) is 15.8. The monoisotopic (exact) mass is 294 g/mol. The molecule has 1 aromatic carbocycles. The number of carboxylic acid groups (broad SMARTS) is 1. The molecule has 6 nitrogen and oxygen atoms in total. The van der Waals surface area contributed by atoms with Crippen LogP contribution < -0.4 is 4.74 Å². The Hall–Kier alpha value is -1.63. The summed E-state index contributed by atoms with van der Waals surface area (Å²) in [6.07, 6.45) is 0. The Bertz CT molecular complexity index is 459. The summed E-state index contributed by atoms with van der Waals surface area (Å²) in [5.74, 6) is -0.353. The van der Waals surface area contributed by atoms with Crippen LogP contribution >= 0.6 is 0 Å². The molecule has 0 amide bonds. The second-order valence-corrected chi connectivity index (χ2v) is 5.09. The fraction of sp³-hybridized carbons (Fsp3) is 0.533. The minimum absolute atomic E-state index is 0.211. The molecule has 1 aromatic rings. The molecule has 2 N–H and O–H groups in total. The number of hydrogen-bond donors (Lipinski definition) is 2. The molecule has 0 spiro atoms. The predicted molar refractivity (Wildman–Crippen MR) is 78.9 cm³/mol. The number of ether oxygens (including phenoxy) is 1. The number of aliphatic hydroxyl groups excluding tert-OH is 1. The van der Waals surface area contributed by atoms with E-state index in [1.807, 2.05) is 0 Å². The van der Waals surface area contributed by atoms with Crippen LogP contribution in [0.4, 0.5) is 0 Å². The maximum absolute atomic E-state index is 10.9. The molecule has 0 atom stereocenters. The van der Waals surface area contributed by atoms with Crippen molar-refractivity contribution in [2.45, 2.75) is 0 Å². The van der Waals surface area contributed by atoms with Gasteiger partial charge in [0.1, 0.15) is 12.4 Å². The lowest BCUT2D eigenvalue weighted by Crippen LogP contribution is -2.48. The van der Waals surface area contributed by atoms with Crippen LogP contribution in [0.1, 0.15) is 10.4 Å². The van der Waals surface area contributed by atoms with Crippen LogP contribution in [0.15, 0.2) is 24.3 Å². The zero-order valence-corrected chi connectivity index (χ0v) is 12.1. The molecule has 1 fully saturated rings. The van der Waals surface area contributed by atoms with Crippen molar-refractivity contribution in [3.8, 4) is 5.75 Å². The largest absolute Gasteiger partial charge is 0.492 e. The van der Waals surface area contributed by atoms with E-state index in [1.165, 1.54) is 0 Å². The van der Waals surface area contributed by atoms with Crippen LogP contribution in [-0.2, 0) is 0 Å². The summed E-state index contributed by atoms with van der Waals surface area (Å²) >= 11 is 0. The molecule has 1 aliphatic heterocycles. The molecule has 116 valence electrons. The number of carboxylic acids is 1. The third kappa shape index (κ3) is 5.00. The van der Waals surface area contributed by atoms with Gasteiger partial charge in [0.25, 0.3) is 0 Å². The molecule has 0 bridgehead atoms. The Morgan fingerprint density at radius 1 is 1.14 bits per heavy atom. The van der Waals surface area contributed by atoms with Gasteiger partial charge < -0.3 is 14.9 Å². The second-order valence-electron chi connectivity index (χ2n) is 5.09. The lowest BCUT2D eigenvalue weighted by Gasteiger charge is -2.34. The van der Waals surface area contributed by atoms with Crippen LogP contribution in [0.3, 0.4) is 0 Å². The maximum Gasteiger partial charge on any atom is 0.335 e. The van der Waals surface area contributed by atoms with E-state index in [2.05, 4.69) is 9.80 Å². The predicted octanol–water partition coefficient (Wildman–Crippen LogP) is 0.373. The molecule has 1 heterocycles. The van der Waals surface area contributed by atoms with Crippen LogP contribution in [0, 0.1) is 0 Å². The molecule has 2 rings (SSSR count). The van der Waals surface area contributed by atoms with Gasteiger partial charge >= 0.3 is 5.97 Å². The first-order valence-electron chi connectivity index (χ1n) is 7.21. The number of nitrogens with zero attached hydrogens (tertiary/aromatic N) is 2. The normalized spacial score (nSPS) is 16.8. The molecule has 1 aliphatic rings. The van der Waals surface area contributed by atoms with E-state index < -0.39 is 5.97 Å². The van der Waals surface area contributed by atoms with Crippen molar-refractivity contribution in [3.63, 3.8) is 0 Å². The molecular weight excluding hydrogens is 272 g/mol. The zero-order chi connectivity index (χ0) is 15.1. The van der Waals surface area contributed by atoms with Gasteiger partial charge in [-0.3, -0.25) is 9.80 Å². The number of piperazine rings is 1. The van der Waals surface area contributed by atoms with Crippen molar-refractivity contribution in [2.75, 3.05) is 52.5 Å². The summed E-state index contributed by atoms with van der Waals surface area (Å²) in [5.41, 5.74) is 0.241. The fourth-order valence-corrected chi connectivity index (χ4v) is 2.39. The number of β-amino-alcohol motifs (C(OH)–C–C–N with tert-alkyl or cyclic N) is 1.